The molecule has 190 valence electrons. The molecule has 0 radical (unpaired) electrons. The lowest BCUT2D eigenvalue weighted by molar-refractivity contribution is -0.120. The predicted octanol–water partition coefficient (Wildman–Crippen LogP) is 5.65. The fourth-order valence-corrected chi connectivity index (χ4v) is 6.35. The first-order chi connectivity index (χ1) is 17.1. The number of nitrogens with zero attached hydrogens (tertiary/aromatic N) is 1. The molecule has 3 aromatic rings. The minimum atomic E-state index is -1.43. The van der Waals surface area contributed by atoms with Crippen molar-refractivity contribution in [2.24, 2.45) is 0 Å². The van der Waals surface area contributed by atoms with Gasteiger partial charge < -0.3 is 9.47 Å². The first kappa shape index (κ1) is 25.3. The first-order valence-electron chi connectivity index (χ1n) is 11.6. The molecule has 1 aromatic heterocycles. The van der Waals surface area contributed by atoms with Crippen molar-refractivity contribution in [2.45, 2.75) is 56.2 Å². The summed E-state index contributed by atoms with van der Waals surface area (Å²) in [5.74, 6) is 1.01. The minimum absolute atomic E-state index is 0.102. The van der Waals surface area contributed by atoms with Crippen molar-refractivity contribution in [1.29, 1.82) is 0 Å². The van der Waals surface area contributed by atoms with Gasteiger partial charge in [0.2, 0.25) is 6.79 Å². The summed E-state index contributed by atoms with van der Waals surface area (Å²) in [4.78, 5) is 18.7. The van der Waals surface area contributed by atoms with Gasteiger partial charge in [0, 0.05) is 16.1 Å². The van der Waals surface area contributed by atoms with Crippen LogP contribution in [0.25, 0.3) is 0 Å². The van der Waals surface area contributed by atoms with Gasteiger partial charge in [-0.3, -0.25) is 4.79 Å². The summed E-state index contributed by atoms with van der Waals surface area (Å²) in [6, 6.07) is 9.26. The van der Waals surface area contributed by atoms with E-state index in [4.69, 9.17) is 21.1 Å². The molecule has 36 heavy (non-hydrogen) atoms. The third-order valence-electron chi connectivity index (χ3n) is 6.43. The number of ether oxygens (including phenoxy) is 2. The number of ketones is 1. The quantitative estimate of drug-likeness (QED) is 0.394. The third-order valence-corrected chi connectivity index (χ3v) is 9.38. The number of fused-ring (bicyclic) bond motifs is 1. The molecule has 6 nitrogen and oxygen atoms in total. The van der Waals surface area contributed by atoms with E-state index < -0.39 is 33.0 Å². The molecule has 1 N–H and O–H groups in total. The molecule has 1 unspecified atom stereocenters. The van der Waals surface area contributed by atoms with Gasteiger partial charge in [0.15, 0.2) is 11.5 Å². The highest BCUT2D eigenvalue weighted by Gasteiger charge is 2.51. The maximum absolute atomic E-state index is 13.7. The maximum Gasteiger partial charge on any atom is 0.231 e. The van der Waals surface area contributed by atoms with E-state index in [2.05, 4.69) is 9.71 Å². The van der Waals surface area contributed by atoms with Crippen LogP contribution in [0.2, 0.25) is 5.02 Å². The van der Waals surface area contributed by atoms with Crippen LogP contribution in [0.15, 0.2) is 42.6 Å². The van der Waals surface area contributed by atoms with Gasteiger partial charge in [-0.2, -0.15) is 0 Å². The van der Waals surface area contributed by atoms with Gasteiger partial charge in [0.05, 0.1) is 33.6 Å². The highest BCUT2D eigenvalue weighted by molar-refractivity contribution is 7.84. The fraction of sp³-hybridized carbons (Fsp3) is 0.385. The minimum Gasteiger partial charge on any atom is -0.454 e. The maximum atomic E-state index is 13.7. The Labute approximate surface area is 220 Å². The molecule has 0 saturated heterocycles. The summed E-state index contributed by atoms with van der Waals surface area (Å²) >= 11 is 7.73. The Morgan fingerprint density at radius 2 is 1.97 bits per heavy atom. The molecule has 1 fully saturated rings. The molecule has 2 aromatic carbocycles. The van der Waals surface area contributed by atoms with Gasteiger partial charge in [0.25, 0.3) is 0 Å². The predicted molar refractivity (Wildman–Crippen MR) is 139 cm³/mol. The van der Waals surface area contributed by atoms with Gasteiger partial charge in [0.1, 0.15) is 16.6 Å². The van der Waals surface area contributed by atoms with Crippen LogP contribution in [0.4, 0.5) is 4.39 Å². The molecular weight excluding hydrogens is 523 g/mol. The highest BCUT2D eigenvalue weighted by atomic mass is 35.5. The number of hydrogen-bond acceptors (Lipinski definition) is 6. The number of hydrogen-bond donors (Lipinski definition) is 1. The summed E-state index contributed by atoms with van der Waals surface area (Å²) in [7, 11) is -1.43. The molecule has 5 rings (SSSR count). The standard InChI is InChI=1S/C26H26ClFN2O4S2/c1-25(2,3)36(32)30-24(17-6-5-16(28)11-18(17)27)21-13-29-23(35-21)12-22(31)26(8-9-26)15-4-7-19-20(10-15)34-14-33-19/h4-7,10-11,13,24,30H,8-9,12,14H2,1-3H3/t24-,36?/m1/s1. The first-order valence-corrected chi connectivity index (χ1v) is 13.9. The Bertz CT molecular complexity index is 1350. The largest absolute Gasteiger partial charge is 0.454 e. The van der Waals surface area contributed by atoms with E-state index in [9.17, 15) is 13.4 Å². The molecule has 1 aliphatic carbocycles. The van der Waals surface area contributed by atoms with Crippen LogP contribution in [-0.2, 0) is 27.6 Å². The Balaban J connectivity index is 1.39. The molecule has 2 atom stereocenters. The van der Waals surface area contributed by atoms with Crippen molar-refractivity contribution < 1.29 is 22.9 Å². The van der Waals surface area contributed by atoms with Gasteiger partial charge in [-0.1, -0.05) is 23.7 Å². The second-order valence-electron chi connectivity index (χ2n) is 10.0. The van der Waals surface area contributed by atoms with Crippen molar-refractivity contribution in [3.8, 4) is 11.5 Å². The van der Waals surface area contributed by atoms with E-state index in [0.717, 1.165) is 23.3 Å². The number of carbonyl (C=O) groups is 1. The van der Waals surface area contributed by atoms with E-state index in [-0.39, 0.29) is 24.0 Å². The smallest absolute Gasteiger partial charge is 0.231 e. The molecule has 0 bridgehead atoms. The molecule has 0 amide bonds. The van der Waals surface area contributed by atoms with Crippen LogP contribution in [-0.4, -0.2) is 26.5 Å². The number of benzene rings is 2. The van der Waals surface area contributed by atoms with Crippen molar-refractivity contribution in [1.82, 2.24) is 9.71 Å². The second-order valence-corrected chi connectivity index (χ2v) is 13.6. The lowest BCUT2D eigenvalue weighted by atomic mass is 9.89. The van der Waals surface area contributed by atoms with Crippen LogP contribution < -0.4 is 14.2 Å². The van der Waals surface area contributed by atoms with E-state index >= 15 is 0 Å². The van der Waals surface area contributed by atoms with Crippen LogP contribution >= 0.6 is 22.9 Å². The summed E-state index contributed by atoms with van der Waals surface area (Å²) in [5, 5.41) is 0.887. The average molecular weight is 549 g/mol. The second kappa shape index (κ2) is 9.52. The Morgan fingerprint density at radius 3 is 2.67 bits per heavy atom. The molecule has 10 heteroatoms. The molecule has 1 saturated carbocycles. The van der Waals surface area contributed by atoms with Crippen LogP contribution in [0.1, 0.15) is 60.7 Å². The summed E-state index contributed by atoms with van der Waals surface area (Å²) in [6.45, 7) is 5.78. The van der Waals surface area contributed by atoms with Crippen molar-refractivity contribution in [3.63, 3.8) is 0 Å². The molecular formula is C26H26ClFN2O4S2. The Morgan fingerprint density at radius 1 is 1.22 bits per heavy atom. The summed E-state index contributed by atoms with van der Waals surface area (Å²) in [5.41, 5.74) is 1.00. The Kier molecular flexibility index (Phi) is 6.70. The van der Waals surface area contributed by atoms with Gasteiger partial charge in [-0.05, 0) is 69.0 Å². The third kappa shape index (κ3) is 4.94. The Hall–Kier alpha value is -2.33. The van der Waals surface area contributed by atoms with Crippen molar-refractivity contribution >= 4 is 39.7 Å². The van der Waals surface area contributed by atoms with Crippen molar-refractivity contribution in [3.05, 3.63) is 74.4 Å². The van der Waals surface area contributed by atoms with Crippen LogP contribution in [0, 0.1) is 5.82 Å². The SMILES string of the molecule is CC(C)(C)S(=O)N[C@@H](c1cnc(CC(=O)C2(c3ccc4c(c3)OCO4)CC2)s1)c1ccc(F)cc1Cl. The summed E-state index contributed by atoms with van der Waals surface area (Å²) < 4.78 is 40.2. The highest BCUT2D eigenvalue weighted by Crippen LogP contribution is 2.51. The van der Waals surface area contributed by atoms with Gasteiger partial charge in [-0.25, -0.2) is 18.3 Å². The van der Waals surface area contributed by atoms with E-state index in [0.29, 0.717) is 22.1 Å². The monoisotopic (exact) mass is 548 g/mol. The lowest BCUT2D eigenvalue weighted by Crippen LogP contribution is -2.36. The number of nitrogens with one attached hydrogen (secondary N) is 1. The van der Waals surface area contributed by atoms with Crippen molar-refractivity contribution in [2.75, 3.05) is 6.79 Å². The number of Topliss-reactive ketones (excluding diaryl/α,β-unsaturated/α-hetero) is 1. The van der Waals surface area contributed by atoms with E-state index in [1.165, 1.54) is 23.5 Å². The zero-order valence-corrected chi connectivity index (χ0v) is 22.5. The van der Waals surface area contributed by atoms with E-state index in [1.807, 2.05) is 39.0 Å². The number of aromatic nitrogens is 1. The lowest BCUT2D eigenvalue weighted by Gasteiger charge is -2.24. The molecule has 2 heterocycles. The molecule has 1 aliphatic heterocycles. The average Bonchev–Trinajstić information content (AvgIpc) is 3.28. The zero-order valence-electron chi connectivity index (χ0n) is 20.1. The van der Waals surface area contributed by atoms with Crippen LogP contribution in [0.3, 0.4) is 0 Å². The molecule has 0 spiro atoms. The van der Waals surface area contributed by atoms with Gasteiger partial charge >= 0.3 is 0 Å². The number of carbonyl (C=O) groups excluding carboxylic acids is 1. The number of halogens is 2. The molecule has 2 aliphatic rings. The van der Waals surface area contributed by atoms with Crippen LogP contribution in [0.5, 0.6) is 11.5 Å². The zero-order chi connectivity index (χ0) is 25.7. The number of thiazole rings is 1. The normalized spacial score (nSPS) is 17.6. The fourth-order valence-electron chi connectivity index (χ4n) is 4.19. The number of rotatable bonds is 8. The summed E-state index contributed by atoms with van der Waals surface area (Å²) in [6.07, 6.45) is 3.42. The topological polar surface area (TPSA) is 77.5 Å². The van der Waals surface area contributed by atoms with E-state index in [1.54, 1.807) is 12.3 Å². The van der Waals surface area contributed by atoms with Gasteiger partial charge in [-0.15, -0.1) is 11.3 Å².